The van der Waals surface area contributed by atoms with Gasteiger partial charge in [0.25, 0.3) is 5.92 Å². The Hall–Kier alpha value is -0.670. The number of carbonyl (C=O) groups is 1. The van der Waals surface area contributed by atoms with E-state index >= 15 is 0 Å². The van der Waals surface area contributed by atoms with Crippen LogP contribution < -0.4 is 0 Å². The second kappa shape index (κ2) is 2.16. The molecule has 1 rings (SSSR count). The number of carbonyl (C=O) groups excluding carboxylic acids is 1. The van der Waals surface area contributed by atoms with E-state index in [0.29, 0.717) is 0 Å². The van der Waals surface area contributed by atoms with Gasteiger partial charge in [0.2, 0.25) is 0 Å². The fourth-order valence-electron chi connectivity index (χ4n) is 0.912. The number of alkyl halides is 2. The van der Waals surface area contributed by atoms with Crippen molar-refractivity contribution in [3.05, 3.63) is 0 Å². The predicted octanol–water partition coefficient (Wildman–Crippen LogP) is 1.59. The van der Waals surface area contributed by atoms with Crippen molar-refractivity contribution in [3.63, 3.8) is 0 Å². The second-order valence-electron chi connectivity index (χ2n) is 2.93. The van der Waals surface area contributed by atoms with Gasteiger partial charge in [-0.2, -0.15) is 0 Å². The van der Waals surface area contributed by atoms with Crippen molar-refractivity contribution in [2.45, 2.75) is 26.2 Å². The van der Waals surface area contributed by atoms with Crippen LogP contribution in [0.15, 0.2) is 0 Å². The first-order valence-electron chi connectivity index (χ1n) is 3.49. The first-order valence-corrected chi connectivity index (χ1v) is 3.49. The van der Waals surface area contributed by atoms with Crippen LogP contribution in [0.2, 0.25) is 0 Å². The zero-order valence-electron chi connectivity index (χ0n) is 6.49. The van der Waals surface area contributed by atoms with Crippen molar-refractivity contribution in [1.29, 1.82) is 0 Å². The summed E-state index contributed by atoms with van der Waals surface area (Å²) in [6.07, 6.45) is -0.376. The molecule has 0 bridgehead atoms. The van der Waals surface area contributed by atoms with Gasteiger partial charge in [-0.1, -0.05) is 0 Å². The molecular weight excluding hydrogens is 154 g/mol. The third-order valence-corrected chi connectivity index (χ3v) is 1.98. The maximum absolute atomic E-state index is 12.5. The summed E-state index contributed by atoms with van der Waals surface area (Å²) >= 11 is 0. The molecule has 0 spiro atoms. The molecule has 2 nitrogen and oxygen atoms in total. The van der Waals surface area contributed by atoms with Gasteiger partial charge < -0.3 is 4.74 Å². The molecule has 1 fully saturated rings. The average Bonchev–Trinajstić information content (AvgIpc) is 2.35. The summed E-state index contributed by atoms with van der Waals surface area (Å²) in [5, 5.41) is 0. The molecule has 0 N–H and O–H groups in total. The normalized spacial score (nSPS) is 33.1. The van der Waals surface area contributed by atoms with Crippen molar-refractivity contribution < 1.29 is 18.3 Å². The summed E-state index contributed by atoms with van der Waals surface area (Å²) in [4.78, 5) is 10.8. The minimum Gasteiger partial charge on any atom is -0.465 e. The van der Waals surface area contributed by atoms with E-state index in [2.05, 4.69) is 4.74 Å². The van der Waals surface area contributed by atoms with Crippen molar-refractivity contribution in [2.75, 3.05) is 6.61 Å². The summed E-state index contributed by atoms with van der Waals surface area (Å²) in [7, 11) is 0. The van der Waals surface area contributed by atoms with E-state index in [0.717, 1.165) is 0 Å². The zero-order valence-corrected chi connectivity index (χ0v) is 6.49. The van der Waals surface area contributed by atoms with E-state index in [1.165, 1.54) is 6.92 Å². The second-order valence-corrected chi connectivity index (χ2v) is 2.93. The molecule has 4 heteroatoms. The van der Waals surface area contributed by atoms with E-state index in [-0.39, 0.29) is 13.0 Å². The van der Waals surface area contributed by atoms with Crippen molar-refractivity contribution >= 4 is 5.97 Å². The molecule has 1 aliphatic carbocycles. The smallest absolute Gasteiger partial charge is 0.318 e. The summed E-state index contributed by atoms with van der Waals surface area (Å²) in [6.45, 7) is 2.98. The minimum atomic E-state index is -2.85. The third-order valence-electron chi connectivity index (χ3n) is 1.98. The molecule has 1 aliphatic rings. The van der Waals surface area contributed by atoms with E-state index < -0.39 is 17.3 Å². The summed E-state index contributed by atoms with van der Waals surface area (Å²) in [5.41, 5.74) is -1.54. The standard InChI is InChI=1S/C7H10F2O2/c1-3-11-5(10)6(2)4-7(6,8)9/h3-4H2,1-2H3/t6-/m0/s1. The number of rotatable bonds is 2. The highest BCUT2D eigenvalue weighted by atomic mass is 19.3. The largest absolute Gasteiger partial charge is 0.465 e. The molecule has 0 aliphatic heterocycles. The van der Waals surface area contributed by atoms with E-state index in [9.17, 15) is 13.6 Å². The van der Waals surface area contributed by atoms with Crippen LogP contribution in [-0.2, 0) is 9.53 Å². The van der Waals surface area contributed by atoms with Crippen molar-refractivity contribution in [1.82, 2.24) is 0 Å². The van der Waals surface area contributed by atoms with Gasteiger partial charge in [0, 0.05) is 6.42 Å². The van der Waals surface area contributed by atoms with Crippen LogP contribution in [0.4, 0.5) is 8.78 Å². The Morgan fingerprint density at radius 1 is 1.64 bits per heavy atom. The van der Waals surface area contributed by atoms with Crippen LogP contribution in [-0.4, -0.2) is 18.5 Å². The molecule has 0 unspecified atom stereocenters. The first-order chi connectivity index (χ1) is 4.94. The Labute approximate surface area is 63.5 Å². The van der Waals surface area contributed by atoms with Gasteiger partial charge >= 0.3 is 5.97 Å². The van der Waals surface area contributed by atoms with Crippen LogP contribution in [0.5, 0.6) is 0 Å². The fraction of sp³-hybridized carbons (Fsp3) is 0.857. The van der Waals surface area contributed by atoms with Crippen LogP contribution in [0.25, 0.3) is 0 Å². The lowest BCUT2D eigenvalue weighted by atomic mass is 10.1. The molecule has 1 saturated carbocycles. The monoisotopic (exact) mass is 164 g/mol. The number of halogens is 2. The zero-order chi connectivity index (χ0) is 8.70. The lowest BCUT2D eigenvalue weighted by molar-refractivity contribution is -0.152. The molecule has 11 heavy (non-hydrogen) atoms. The number of esters is 1. The average molecular weight is 164 g/mol. The minimum absolute atomic E-state index is 0.157. The van der Waals surface area contributed by atoms with E-state index in [4.69, 9.17) is 0 Å². The summed E-state index contributed by atoms with van der Waals surface area (Å²) in [5.74, 6) is -3.64. The highest BCUT2D eigenvalue weighted by Crippen LogP contribution is 2.60. The molecule has 64 valence electrons. The highest BCUT2D eigenvalue weighted by Gasteiger charge is 2.73. The molecule has 1 atom stereocenters. The Balaban J connectivity index is 2.57. The van der Waals surface area contributed by atoms with Gasteiger partial charge in [-0.15, -0.1) is 0 Å². The van der Waals surface area contributed by atoms with E-state index in [1.807, 2.05) is 0 Å². The summed E-state index contributed by atoms with van der Waals surface area (Å²) < 4.78 is 29.4. The van der Waals surface area contributed by atoms with E-state index in [1.54, 1.807) is 6.92 Å². The van der Waals surface area contributed by atoms with Crippen molar-refractivity contribution in [2.24, 2.45) is 5.41 Å². The third kappa shape index (κ3) is 1.10. The summed E-state index contributed by atoms with van der Waals surface area (Å²) in [6, 6.07) is 0. The first kappa shape index (κ1) is 8.43. The topological polar surface area (TPSA) is 26.3 Å². The Bertz CT molecular complexity index is 191. The Kier molecular flexibility index (Phi) is 1.65. The lowest BCUT2D eigenvalue weighted by Gasteiger charge is -2.07. The molecule has 0 aromatic heterocycles. The molecule has 0 aromatic rings. The SMILES string of the molecule is CCOC(=O)[C@]1(C)CC1(F)F. The van der Waals surface area contributed by atoms with Crippen LogP contribution >= 0.6 is 0 Å². The number of hydrogen-bond acceptors (Lipinski definition) is 2. The lowest BCUT2D eigenvalue weighted by Crippen LogP contribution is -2.21. The Morgan fingerprint density at radius 3 is 2.36 bits per heavy atom. The molecule has 0 aromatic carbocycles. The van der Waals surface area contributed by atoms with Crippen LogP contribution in [0, 0.1) is 5.41 Å². The van der Waals surface area contributed by atoms with Crippen LogP contribution in [0.3, 0.4) is 0 Å². The molecule has 0 heterocycles. The fourth-order valence-corrected chi connectivity index (χ4v) is 0.912. The van der Waals surface area contributed by atoms with Gasteiger partial charge in [-0.3, -0.25) is 4.79 Å². The predicted molar refractivity (Wildman–Crippen MR) is 34.3 cm³/mol. The van der Waals surface area contributed by atoms with Gasteiger partial charge in [0.1, 0.15) is 5.41 Å². The maximum atomic E-state index is 12.5. The van der Waals surface area contributed by atoms with Gasteiger partial charge in [-0.05, 0) is 13.8 Å². The highest BCUT2D eigenvalue weighted by molar-refractivity contribution is 5.81. The van der Waals surface area contributed by atoms with Crippen LogP contribution in [0.1, 0.15) is 20.3 Å². The van der Waals surface area contributed by atoms with Gasteiger partial charge in [0.15, 0.2) is 0 Å². The van der Waals surface area contributed by atoms with Gasteiger partial charge in [0.05, 0.1) is 6.61 Å². The van der Waals surface area contributed by atoms with Crippen molar-refractivity contribution in [3.8, 4) is 0 Å². The molecule has 0 radical (unpaired) electrons. The van der Waals surface area contributed by atoms with Gasteiger partial charge in [-0.25, -0.2) is 8.78 Å². The number of hydrogen-bond donors (Lipinski definition) is 0. The molecule has 0 saturated heterocycles. The number of ether oxygens (including phenoxy) is 1. The quantitative estimate of drug-likeness (QED) is 0.579. The Morgan fingerprint density at radius 2 is 2.09 bits per heavy atom. The molecular formula is C7H10F2O2. The molecule has 0 amide bonds. The maximum Gasteiger partial charge on any atom is 0.318 e.